The van der Waals surface area contributed by atoms with Gasteiger partial charge in [-0.2, -0.15) is 13.2 Å². The highest BCUT2D eigenvalue weighted by Crippen LogP contribution is 2.19. The van der Waals surface area contributed by atoms with E-state index in [1.165, 1.54) is 0 Å². The number of rotatable bonds is 2. The molecule has 0 unspecified atom stereocenters. The summed E-state index contributed by atoms with van der Waals surface area (Å²) in [6.07, 6.45) is -4.43. The van der Waals surface area contributed by atoms with Crippen LogP contribution in [0.4, 0.5) is 27.6 Å². The second kappa shape index (κ2) is 3.81. The Morgan fingerprint density at radius 1 is 1.14 bits per heavy atom. The highest BCUT2D eigenvalue weighted by Gasteiger charge is 2.26. The van der Waals surface area contributed by atoms with Gasteiger partial charge in [-0.1, -0.05) is 0 Å². The van der Waals surface area contributed by atoms with Gasteiger partial charge in [-0.25, -0.2) is 8.78 Å². The summed E-state index contributed by atoms with van der Waals surface area (Å²) in [6, 6.07) is 2.30. The van der Waals surface area contributed by atoms with Gasteiger partial charge in [0.1, 0.15) is 18.2 Å². The predicted molar refractivity (Wildman–Crippen MR) is 40.9 cm³/mol. The summed E-state index contributed by atoms with van der Waals surface area (Å²) in [6.45, 7) is -1.35. The Kier molecular flexibility index (Phi) is 2.93. The van der Waals surface area contributed by atoms with Gasteiger partial charge >= 0.3 is 6.18 Å². The predicted octanol–water partition coefficient (Wildman–Crippen LogP) is 2.94. The number of alkyl halides is 3. The average Bonchev–Trinajstić information content (AvgIpc) is 2.00. The van der Waals surface area contributed by atoms with Crippen LogP contribution in [0.3, 0.4) is 0 Å². The fraction of sp³-hybridized carbons (Fsp3) is 0.250. The summed E-state index contributed by atoms with van der Waals surface area (Å²) >= 11 is 0. The van der Waals surface area contributed by atoms with Crippen molar-refractivity contribution in [3.8, 4) is 0 Å². The van der Waals surface area contributed by atoms with Crippen LogP contribution in [0.25, 0.3) is 0 Å². The first-order chi connectivity index (χ1) is 6.38. The molecule has 1 aromatic rings. The zero-order valence-corrected chi connectivity index (χ0v) is 6.83. The normalized spacial score (nSPS) is 11.5. The van der Waals surface area contributed by atoms with Gasteiger partial charge in [0.05, 0.1) is 5.69 Å². The molecule has 0 amide bonds. The van der Waals surface area contributed by atoms with Crippen molar-refractivity contribution in [3.05, 3.63) is 29.8 Å². The van der Waals surface area contributed by atoms with E-state index in [2.05, 4.69) is 0 Å². The lowest BCUT2D eigenvalue weighted by Gasteiger charge is -2.09. The van der Waals surface area contributed by atoms with Gasteiger partial charge in [0, 0.05) is 6.07 Å². The van der Waals surface area contributed by atoms with Crippen molar-refractivity contribution in [3.63, 3.8) is 0 Å². The van der Waals surface area contributed by atoms with E-state index in [9.17, 15) is 22.0 Å². The van der Waals surface area contributed by atoms with Gasteiger partial charge in [0.2, 0.25) is 0 Å². The number of halogens is 5. The Balaban J connectivity index is 2.68. The summed E-state index contributed by atoms with van der Waals surface area (Å²) < 4.78 is 60.2. The maximum absolute atomic E-state index is 12.8. The highest BCUT2D eigenvalue weighted by atomic mass is 19.4. The van der Waals surface area contributed by atoms with Crippen LogP contribution in [0.1, 0.15) is 0 Å². The van der Waals surface area contributed by atoms with Crippen LogP contribution >= 0.6 is 0 Å². The smallest absolute Gasteiger partial charge is 0.374 e. The number of anilines is 1. The quantitative estimate of drug-likeness (QED) is 0.741. The molecule has 0 saturated carbocycles. The second-order valence-electron chi connectivity index (χ2n) is 2.59. The number of nitrogens with one attached hydrogen (secondary N) is 1. The third-order valence-electron chi connectivity index (χ3n) is 1.41. The first-order valence-corrected chi connectivity index (χ1v) is 3.64. The Morgan fingerprint density at radius 2 is 1.79 bits per heavy atom. The highest BCUT2D eigenvalue weighted by molar-refractivity contribution is 5.44. The Morgan fingerprint density at radius 3 is 2.29 bits per heavy atom. The molecule has 6 heteroatoms. The maximum Gasteiger partial charge on any atom is 0.405 e. The number of hydrogen-bond donors (Lipinski definition) is 1. The van der Waals surface area contributed by atoms with E-state index in [1.807, 2.05) is 5.32 Å². The molecule has 78 valence electrons. The zero-order valence-electron chi connectivity index (χ0n) is 6.83. The van der Waals surface area contributed by atoms with Crippen molar-refractivity contribution >= 4 is 5.69 Å². The average molecular weight is 211 g/mol. The Hall–Kier alpha value is -1.33. The molecule has 14 heavy (non-hydrogen) atoms. The Labute approximate surface area is 76.5 Å². The molecule has 0 bridgehead atoms. The van der Waals surface area contributed by atoms with E-state index in [1.54, 1.807) is 0 Å². The van der Waals surface area contributed by atoms with Crippen molar-refractivity contribution in [2.45, 2.75) is 6.18 Å². The number of hydrogen-bond acceptors (Lipinski definition) is 1. The van der Waals surface area contributed by atoms with Crippen LogP contribution in [0.5, 0.6) is 0 Å². The van der Waals surface area contributed by atoms with Gasteiger partial charge in [0.25, 0.3) is 0 Å². The first-order valence-electron chi connectivity index (χ1n) is 3.64. The zero-order chi connectivity index (χ0) is 10.8. The molecule has 1 aromatic carbocycles. The van der Waals surface area contributed by atoms with Gasteiger partial charge in [-0.3, -0.25) is 0 Å². The van der Waals surface area contributed by atoms with E-state index in [0.717, 1.165) is 12.1 Å². The van der Waals surface area contributed by atoms with Crippen molar-refractivity contribution in [1.29, 1.82) is 0 Å². The van der Waals surface area contributed by atoms with E-state index in [0.29, 0.717) is 6.07 Å². The number of benzene rings is 1. The summed E-state index contributed by atoms with van der Waals surface area (Å²) in [7, 11) is 0. The lowest BCUT2D eigenvalue weighted by molar-refractivity contribution is -0.115. The molecule has 0 saturated heterocycles. The van der Waals surface area contributed by atoms with Crippen molar-refractivity contribution in [2.24, 2.45) is 0 Å². The largest absolute Gasteiger partial charge is 0.405 e. The monoisotopic (exact) mass is 211 g/mol. The van der Waals surface area contributed by atoms with E-state index in [-0.39, 0.29) is 5.69 Å². The molecular weight excluding hydrogens is 205 g/mol. The first kappa shape index (κ1) is 10.7. The van der Waals surface area contributed by atoms with Crippen LogP contribution in [0.15, 0.2) is 18.2 Å². The van der Waals surface area contributed by atoms with Gasteiger partial charge in [-0.15, -0.1) is 0 Å². The van der Waals surface area contributed by atoms with E-state index >= 15 is 0 Å². The van der Waals surface area contributed by atoms with Crippen molar-refractivity contribution in [1.82, 2.24) is 0 Å². The molecule has 0 fully saturated rings. The van der Waals surface area contributed by atoms with Crippen LogP contribution in [0.2, 0.25) is 0 Å². The van der Waals surface area contributed by atoms with Crippen LogP contribution < -0.4 is 5.32 Å². The van der Waals surface area contributed by atoms with Crippen LogP contribution in [-0.4, -0.2) is 12.7 Å². The molecule has 0 heterocycles. The molecule has 1 rings (SSSR count). The molecule has 0 aliphatic rings. The summed E-state index contributed by atoms with van der Waals surface area (Å²) in [5.74, 6) is -1.88. The van der Waals surface area contributed by atoms with Crippen LogP contribution in [-0.2, 0) is 0 Å². The molecule has 1 N–H and O–H groups in total. The van der Waals surface area contributed by atoms with E-state index < -0.39 is 24.4 Å². The topological polar surface area (TPSA) is 12.0 Å². The molecule has 0 aliphatic heterocycles. The summed E-state index contributed by atoms with van der Waals surface area (Å²) in [4.78, 5) is 0. The standard InChI is InChI=1S/C8H6F5N/c9-5-1-2-7(6(10)3-5)14-4-8(11,12)13/h1-3,14H,4H2. The fourth-order valence-corrected chi connectivity index (χ4v) is 0.828. The molecule has 0 atom stereocenters. The minimum Gasteiger partial charge on any atom is -0.374 e. The molecular formula is C8H6F5N. The lowest BCUT2D eigenvalue weighted by atomic mass is 10.3. The minimum absolute atomic E-state index is 0.372. The Bertz CT molecular complexity index is 320. The molecule has 0 aliphatic carbocycles. The minimum atomic E-state index is -4.43. The van der Waals surface area contributed by atoms with Gasteiger partial charge < -0.3 is 5.32 Å². The van der Waals surface area contributed by atoms with E-state index in [4.69, 9.17) is 0 Å². The third-order valence-corrected chi connectivity index (χ3v) is 1.41. The molecule has 0 radical (unpaired) electrons. The molecule has 0 spiro atoms. The molecule has 1 nitrogen and oxygen atoms in total. The summed E-state index contributed by atoms with van der Waals surface area (Å²) in [5.41, 5.74) is -0.372. The van der Waals surface area contributed by atoms with Crippen molar-refractivity contribution in [2.75, 3.05) is 11.9 Å². The van der Waals surface area contributed by atoms with Gasteiger partial charge in [0.15, 0.2) is 0 Å². The van der Waals surface area contributed by atoms with Gasteiger partial charge in [-0.05, 0) is 12.1 Å². The lowest BCUT2D eigenvalue weighted by Crippen LogP contribution is -2.21. The molecule has 0 aromatic heterocycles. The fourth-order valence-electron chi connectivity index (χ4n) is 0.828. The SMILES string of the molecule is Fc1ccc(NCC(F)(F)F)c(F)c1. The van der Waals surface area contributed by atoms with Crippen LogP contribution in [0, 0.1) is 11.6 Å². The summed E-state index contributed by atoms with van der Waals surface area (Å²) in [5, 5.41) is 1.81. The second-order valence-corrected chi connectivity index (χ2v) is 2.59. The maximum atomic E-state index is 12.8. The van der Waals surface area contributed by atoms with Crippen molar-refractivity contribution < 1.29 is 22.0 Å². The third kappa shape index (κ3) is 3.20.